The van der Waals surface area contributed by atoms with Crippen LogP contribution in [0.5, 0.6) is 5.75 Å². The second-order valence-corrected chi connectivity index (χ2v) is 6.03. The van der Waals surface area contributed by atoms with Gasteiger partial charge < -0.3 is 15.4 Å². The maximum Gasteiger partial charge on any atom is 0.387 e. The van der Waals surface area contributed by atoms with Crippen LogP contribution in [-0.4, -0.2) is 24.1 Å². The molecule has 1 aromatic heterocycles. The van der Waals surface area contributed by atoms with Gasteiger partial charge in [0.2, 0.25) is 0 Å². The first-order chi connectivity index (χ1) is 13.7. The number of benzene rings is 2. The standard InChI is InChI=1S/C21H22F2N4O/c1-2-24-21(26-13-16-7-3-4-11-18(16)28-20(22)23)27-14-17-9-5-8-15-10-6-12-25-19(15)17/h3-12,20H,2,13-14H2,1H3,(H2,24,26,27). The number of fused-ring (bicyclic) bond motifs is 1. The Labute approximate surface area is 162 Å². The number of nitrogens with one attached hydrogen (secondary N) is 2. The number of aromatic nitrogens is 1. The number of rotatable bonds is 7. The van der Waals surface area contributed by atoms with Crippen LogP contribution in [0, 0.1) is 0 Å². The van der Waals surface area contributed by atoms with Gasteiger partial charge in [-0.15, -0.1) is 0 Å². The molecule has 0 saturated carbocycles. The minimum Gasteiger partial charge on any atom is -0.434 e. The van der Waals surface area contributed by atoms with Gasteiger partial charge in [-0.25, -0.2) is 4.99 Å². The Morgan fingerprint density at radius 1 is 1.04 bits per heavy atom. The van der Waals surface area contributed by atoms with Gasteiger partial charge in [0.25, 0.3) is 0 Å². The monoisotopic (exact) mass is 384 g/mol. The fourth-order valence-electron chi connectivity index (χ4n) is 2.84. The molecule has 3 aromatic rings. The molecule has 0 saturated heterocycles. The molecule has 28 heavy (non-hydrogen) atoms. The van der Waals surface area contributed by atoms with Gasteiger partial charge >= 0.3 is 6.61 Å². The first-order valence-electron chi connectivity index (χ1n) is 9.05. The fourth-order valence-corrected chi connectivity index (χ4v) is 2.84. The molecule has 0 aliphatic heterocycles. The smallest absolute Gasteiger partial charge is 0.387 e. The maximum absolute atomic E-state index is 12.6. The largest absolute Gasteiger partial charge is 0.434 e. The molecule has 7 heteroatoms. The normalized spacial score (nSPS) is 11.6. The van der Waals surface area contributed by atoms with E-state index in [-0.39, 0.29) is 12.3 Å². The van der Waals surface area contributed by atoms with Gasteiger partial charge in [-0.3, -0.25) is 4.98 Å². The molecular weight excluding hydrogens is 362 g/mol. The lowest BCUT2D eigenvalue weighted by Crippen LogP contribution is -2.36. The van der Waals surface area contributed by atoms with E-state index in [0.717, 1.165) is 16.5 Å². The Morgan fingerprint density at radius 3 is 2.64 bits per heavy atom. The van der Waals surface area contributed by atoms with Crippen molar-refractivity contribution >= 4 is 16.9 Å². The van der Waals surface area contributed by atoms with Crippen molar-refractivity contribution in [3.05, 3.63) is 71.9 Å². The molecule has 3 rings (SSSR count). The second-order valence-electron chi connectivity index (χ2n) is 6.03. The molecule has 5 nitrogen and oxygen atoms in total. The average molecular weight is 384 g/mol. The number of para-hydroxylation sites is 2. The highest BCUT2D eigenvalue weighted by molar-refractivity contribution is 5.83. The van der Waals surface area contributed by atoms with Gasteiger partial charge in [0.1, 0.15) is 5.75 Å². The molecule has 146 valence electrons. The van der Waals surface area contributed by atoms with E-state index in [1.807, 2.05) is 37.3 Å². The molecule has 2 N–H and O–H groups in total. The van der Waals surface area contributed by atoms with E-state index in [2.05, 4.69) is 25.3 Å². The summed E-state index contributed by atoms with van der Waals surface area (Å²) in [6.07, 6.45) is 1.77. The lowest BCUT2D eigenvalue weighted by Gasteiger charge is -2.13. The molecule has 0 spiro atoms. The van der Waals surface area contributed by atoms with Gasteiger partial charge in [-0.2, -0.15) is 8.78 Å². The van der Waals surface area contributed by atoms with Crippen LogP contribution in [0.4, 0.5) is 8.78 Å². The van der Waals surface area contributed by atoms with Crippen LogP contribution in [-0.2, 0) is 13.1 Å². The third-order valence-electron chi connectivity index (χ3n) is 4.10. The molecule has 1 heterocycles. The summed E-state index contributed by atoms with van der Waals surface area (Å²) in [6, 6.07) is 16.6. The average Bonchev–Trinajstić information content (AvgIpc) is 2.70. The zero-order valence-electron chi connectivity index (χ0n) is 15.5. The first-order valence-corrected chi connectivity index (χ1v) is 9.05. The van der Waals surface area contributed by atoms with Crippen molar-refractivity contribution in [3.63, 3.8) is 0 Å². The van der Waals surface area contributed by atoms with E-state index in [1.54, 1.807) is 24.4 Å². The molecule has 0 bridgehead atoms. The Kier molecular flexibility index (Phi) is 6.73. The Hall–Kier alpha value is -3.22. The minimum absolute atomic E-state index is 0.135. The zero-order chi connectivity index (χ0) is 19.8. The lowest BCUT2D eigenvalue weighted by molar-refractivity contribution is -0.0504. The fraction of sp³-hybridized carbons (Fsp3) is 0.238. The van der Waals surface area contributed by atoms with Crippen molar-refractivity contribution in [1.29, 1.82) is 0 Å². The molecule has 2 aromatic carbocycles. The van der Waals surface area contributed by atoms with E-state index >= 15 is 0 Å². The van der Waals surface area contributed by atoms with Crippen molar-refractivity contribution in [1.82, 2.24) is 15.6 Å². The Bertz CT molecular complexity index is 941. The summed E-state index contributed by atoms with van der Waals surface area (Å²) >= 11 is 0. The van der Waals surface area contributed by atoms with Crippen molar-refractivity contribution in [3.8, 4) is 5.75 Å². The summed E-state index contributed by atoms with van der Waals surface area (Å²) in [5.41, 5.74) is 2.57. The predicted octanol–water partition coefficient (Wildman–Crippen LogP) is 4.09. The van der Waals surface area contributed by atoms with Crippen molar-refractivity contribution in [2.45, 2.75) is 26.6 Å². The second kappa shape index (κ2) is 9.64. The van der Waals surface area contributed by atoms with Crippen LogP contribution < -0.4 is 15.4 Å². The third kappa shape index (κ3) is 5.16. The predicted molar refractivity (Wildman–Crippen MR) is 106 cm³/mol. The highest BCUT2D eigenvalue weighted by atomic mass is 19.3. The molecular formula is C21H22F2N4O. The van der Waals surface area contributed by atoms with Gasteiger partial charge in [0.15, 0.2) is 5.96 Å². The number of guanidine groups is 1. The molecule has 0 amide bonds. The van der Waals surface area contributed by atoms with Gasteiger partial charge in [0, 0.05) is 30.2 Å². The van der Waals surface area contributed by atoms with E-state index in [0.29, 0.717) is 24.6 Å². The molecule has 0 fully saturated rings. The highest BCUT2D eigenvalue weighted by Crippen LogP contribution is 2.21. The number of ether oxygens (including phenoxy) is 1. The van der Waals surface area contributed by atoms with Gasteiger partial charge in [-0.05, 0) is 24.6 Å². The molecule has 0 aliphatic carbocycles. The van der Waals surface area contributed by atoms with Crippen LogP contribution in [0.1, 0.15) is 18.1 Å². The Balaban J connectivity index is 1.73. The zero-order valence-corrected chi connectivity index (χ0v) is 15.5. The number of aliphatic imine (C=N–C) groups is 1. The summed E-state index contributed by atoms with van der Waals surface area (Å²) in [5, 5.41) is 7.50. The number of alkyl halides is 2. The summed E-state index contributed by atoms with van der Waals surface area (Å²) in [6.45, 7) is 0.524. The van der Waals surface area contributed by atoms with Gasteiger partial charge in [-0.1, -0.05) is 42.5 Å². The molecule has 0 atom stereocenters. The third-order valence-corrected chi connectivity index (χ3v) is 4.10. The maximum atomic E-state index is 12.6. The summed E-state index contributed by atoms with van der Waals surface area (Å²) in [4.78, 5) is 8.95. The lowest BCUT2D eigenvalue weighted by atomic mass is 10.1. The van der Waals surface area contributed by atoms with E-state index in [9.17, 15) is 8.78 Å². The van der Waals surface area contributed by atoms with E-state index in [4.69, 9.17) is 0 Å². The summed E-state index contributed by atoms with van der Waals surface area (Å²) in [5.74, 6) is 0.720. The van der Waals surface area contributed by atoms with Crippen LogP contribution in [0.15, 0.2) is 65.8 Å². The molecule has 0 radical (unpaired) electrons. The SMILES string of the molecule is CCNC(=NCc1ccccc1OC(F)F)NCc1cccc2cccnc12. The minimum atomic E-state index is -2.87. The van der Waals surface area contributed by atoms with Crippen molar-refractivity contribution < 1.29 is 13.5 Å². The summed E-state index contributed by atoms with van der Waals surface area (Å²) in [7, 11) is 0. The number of pyridine rings is 1. The van der Waals surface area contributed by atoms with Crippen LogP contribution in [0.3, 0.4) is 0 Å². The quantitative estimate of drug-likeness (QED) is 0.476. The van der Waals surface area contributed by atoms with E-state index < -0.39 is 6.61 Å². The van der Waals surface area contributed by atoms with Crippen LogP contribution in [0.2, 0.25) is 0 Å². The number of hydrogen-bond donors (Lipinski definition) is 2. The molecule has 0 aliphatic rings. The Morgan fingerprint density at radius 2 is 1.82 bits per heavy atom. The highest BCUT2D eigenvalue weighted by Gasteiger charge is 2.09. The van der Waals surface area contributed by atoms with E-state index in [1.165, 1.54) is 6.07 Å². The topological polar surface area (TPSA) is 58.5 Å². The number of nitrogens with zero attached hydrogens (tertiary/aromatic N) is 2. The van der Waals surface area contributed by atoms with Crippen molar-refractivity contribution in [2.75, 3.05) is 6.54 Å². The van der Waals surface area contributed by atoms with Gasteiger partial charge in [0.05, 0.1) is 12.1 Å². The number of halogens is 2. The first kappa shape index (κ1) is 19.5. The number of hydrogen-bond acceptors (Lipinski definition) is 3. The van der Waals surface area contributed by atoms with Crippen molar-refractivity contribution in [2.24, 2.45) is 4.99 Å². The van der Waals surface area contributed by atoms with Crippen LogP contribution in [0.25, 0.3) is 10.9 Å². The molecule has 0 unspecified atom stereocenters. The van der Waals surface area contributed by atoms with Crippen LogP contribution >= 0.6 is 0 Å². The summed E-state index contributed by atoms with van der Waals surface area (Å²) < 4.78 is 29.7.